The molecule has 0 fully saturated rings. The van der Waals surface area contributed by atoms with Gasteiger partial charge < -0.3 is 5.11 Å². The highest BCUT2D eigenvalue weighted by molar-refractivity contribution is 5.84. The topological polar surface area (TPSA) is 72.2 Å². The Morgan fingerprint density at radius 3 is 2.09 bits per heavy atom. The maximum absolute atomic E-state index is 12.6. The molecular formula is C18H22N2O3. The molecule has 1 aromatic carbocycles. The number of hydrogen-bond donors (Lipinski definition) is 1. The van der Waals surface area contributed by atoms with E-state index in [0.717, 1.165) is 40.6 Å². The van der Waals surface area contributed by atoms with Gasteiger partial charge in [0.05, 0.1) is 5.56 Å². The third-order valence-electron chi connectivity index (χ3n) is 4.14. The quantitative estimate of drug-likeness (QED) is 0.861. The Labute approximate surface area is 135 Å². The lowest BCUT2D eigenvalue weighted by Gasteiger charge is -2.17. The largest absolute Gasteiger partial charge is 0.505 e. The third-order valence-corrected chi connectivity index (χ3v) is 4.14. The average Bonchev–Trinajstić information content (AvgIpc) is 2.57. The Balaban J connectivity index is 2.94. The molecule has 0 atom stereocenters. The Hall–Kier alpha value is -2.43. The highest BCUT2D eigenvalue weighted by Gasteiger charge is 2.21. The second kappa shape index (κ2) is 6.77. The second-order valence-corrected chi connectivity index (χ2v) is 5.51. The molecule has 0 aliphatic rings. The number of aromatic nitrogens is 2. The van der Waals surface area contributed by atoms with Crippen LogP contribution in [0, 0.1) is 0 Å². The fourth-order valence-electron chi connectivity index (χ4n) is 2.87. The molecule has 1 N–H and O–H groups in total. The van der Waals surface area contributed by atoms with Crippen molar-refractivity contribution in [2.75, 3.05) is 0 Å². The van der Waals surface area contributed by atoms with Crippen LogP contribution < -0.4 is 5.56 Å². The molecule has 0 spiro atoms. The summed E-state index contributed by atoms with van der Waals surface area (Å²) in [5.41, 5.74) is 3.57. The van der Waals surface area contributed by atoms with Gasteiger partial charge in [-0.05, 0) is 41.5 Å². The van der Waals surface area contributed by atoms with Crippen LogP contribution in [-0.4, -0.2) is 21.2 Å². The van der Waals surface area contributed by atoms with Crippen molar-refractivity contribution >= 4 is 6.29 Å². The molecule has 0 aliphatic heterocycles. The number of aryl methyl sites for hydroxylation is 4. The fourth-order valence-corrected chi connectivity index (χ4v) is 2.87. The van der Waals surface area contributed by atoms with Gasteiger partial charge in [0.2, 0.25) is 0 Å². The van der Waals surface area contributed by atoms with E-state index in [4.69, 9.17) is 0 Å². The Bertz CT molecular complexity index is 782. The smallest absolute Gasteiger partial charge is 0.278 e. The molecule has 0 radical (unpaired) electrons. The molecule has 2 aromatic rings. The maximum atomic E-state index is 12.6. The molecule has 0 amide bonds. The van der Waals surface area contributed by atoms with Crippen molar-refractivity contribution in [2.24, 2.45) is 7.05 Å². The molecule has 5 nitrogen and oxygen atoms in total. The van der Waals surface area contributed by atoms with Crippen LogP contribution in [0.15, 0.2) is 16.9 Å². The van der Waals surface area contributed by atoms with E-state index in [1.54, 1.807) is 0 Å². The van der Waals surface area contributed by atoms with Gasteiger partial charge in [-0.1, -0.05) is 32.9 Å². The predicted molar refractivity (Wildman–Crippen MR) is 90.1 cm³/mol. The summed E-state index contributed by atoms with van der Waals surface area (Å²) in [4.78, 5) is 23.7. The first kappa shape index (κ1) is 16.9. The van der Waals surface area contributed by atoms with E-state index < -0.39 is 5.56 Å². The van der Waals surface area contributed by atoms with Crippen molar-refractivity contribution in [3.8, 4) is 16.9 Å². The minimum atomic E-state index is -0.401. The molecule has 0 unspecified atom stereocenters. The molecule has 2 rings (SSSR count). The van der Waals surface area contributed by atoms with Gasteiger partial charge in [-0.2, -0.15) is 5.10 Å². The van der Waals surface area contributed by atoms with E-state index in [-0.39, 0.29) is 17.0 Å². The van der Waals surface area contributed by atoms with Crippen LogP contribution in [-0.2, 0) is 26.3 Å². The standard InChI is InChI=1S/C18H22N2O3/c1-5-11-8-12(6-2)15(13(7-3)9-11)16-17(22)14(10-21)19-20(4)18(16)23/h8-10,22H,5-7H2,1-4H3. The van der Waals surface area contributed by atoms with Crippen LogP contribution in [0.1, 0.15) is 48.0 Å². The summed E-state index contributed by atoms with van der Waals surface area (Å²) >= 11 is 0. The predicted octanol–water partition coefficient (Wildman–Crippen LogP) is 2.65. The van der Waals surface area contributed by atoms with Crippen molar-refractivity contribution in [3.63, 3.8) is 0 Å². The minimum absolute atomic E-state index is 0.120. The third kappa shape index (κ3) is 2.91. The number of aromatic hydroxyl groups is 1. The highest BCUT2D eigenvalue weighted by Crippen LogP contribution is 2.34. The summed E-state index contributed by atoms with van der Waals surface area (Å²) < 4.78 is 1.10. The van der Waals surface area contributed by atoms with Crippen molar-refractivity contribution in [1.82, 2.24) is 9.78 Å². The Morgan fingerprint density at radius 2 is 1.65 bits per heavy atom. The molecule has 1 aromatic heterocycles. The van der Waals surface area contributed by atoms with Gasteiger partial charge in [-0.3, -0.25) is 9.59 Å². The van der Waals surface area contributed by atoms with Crippen molar-refractivity contribution < 1.29 is 9.90 Å². The van der Waals surface area contributed by atoms with Crippen LogP contribution in [0.2, 0.25) is 0 Å². The lowest BCUT2D eigenvalue weighted by molar-refractivity contribution is 0.111. The lowest BCUT2D eigenvalue weighted by Crippen LogP contribution is -2.24. The average molecular weight is 314 g/mol. The van der Waals surface area contributed by atoms with Gasteiger partial charge in [-0.25, -0.2) is 4.68 Å². The maximum Gasteiger partial charge on any atom is 0.278 e. The summed E-state index contributed by atoms with van der Waals surface area (Å²) in [7, 11) is 1.48. The Kier molecular flexibility index (Phi) is 4.98. The summed E-state index contributed by atoms with van der Waals surface area (Å²) in [6.45, 7) is 6.11. The first-order valence-electron chi connectivity index (χ1n) is 7.88. The van der Waals surface area contributed by atoms with Gasteiger partial charge in [0.25, 0.3) is 5.56 Å². The first-order chi connectivity index (χ1) is 11.0. The summed E-state index contributed by atoms with van der Waals surface area (Å²) in [5.74, 6) is -0.336. The fraction of sp³-hybridized carbons (Fsp3) is 0.389. The molecule has 23 heavy (non-hydrogen) atoms. The SMILES string of the molecule is CCc1cc(CC)c(-c2c(O)c(C=O)nn(C)c2=O)c(CC)c1. The van der Waals surface area contributed by atoms with Crippen LogP contribution >= 0.6 is 0 Å². The minimum Gasteiger partial charge on any atom is -0.505 e. The van der Waals surface area contributed by atoms with Gasteiger partial charge in [-0.15, -0.1) is 0 Å². The van der Waals surface area contributed by atoms with Gasteiger partial charge in [0, 0.05) is 7.05 Å². The number of hydrogen-bond acceptors (Lipinski definition) is 4. The van der Waals surface area contributed by atoms with Gasteiger partial charge in [0.15, 0.2) is 17.7 Å². The monoisotopic (exact) mass is 314 g/mol. The van der Waals surface area contributed by atoms with E-state index in [1.807, 2.05) is 13.8 Å². The number of nitrogens with zero attached hydrogens (tertiary/aromatic N) is 2. The molecule has 1 heterocycles. The van der Waals surface area contributed by atoms with Crippen molar-refractivity contribution in [1.29, 1.82) is 0 Å². The molecule has 0 saturated heterocycles. The van der Waals surface area contributed by atoms with Crippen molar-refractivity contribution in [3.05, 3.63) is 44.9 Å². The number of rotatable bonds is 5. The number of carbonyl (C=O) groups excluding carboxylic acids is 1. The van der Waals surface area contributed by atoms with E-state index in [2.05, 4.69) is 24.2 Å². The zero-order valence-corrected chi connectivity index (χ0v) is 14.0. The van der Waals surface area contributed by atoms with E-state index >= 15 is 0 Å². The van der Waals surface area contributed by atoms with E-state index in [9.17, 15) is 14.7 Å². The second-order valence-electron chi connectivity index (χ2n) is 5.51. The van der Waals surface area contributed by atoms with Gasteiger partial charge in [0.1, 0.15) is 0 Å². The van der Waals surface area contributed by atoms with Crippen LogP contribution in [0.3, 0.4) is 0 Å². The summed E-state index contributed by atoms with van der Waals surface area (Å²) in [5, 5.41) is 14.2. The van der Waals surface area contributed by atoms with Crippen molar-refractivity contribution in [2.45, 2.75) is 40.0 Å². The molecule has 0 saturated carbocycles. The summed E-state index contributed by atoms with van der Waals surface area (Å²) in [6.07, 6.45) is 2.84. The first-order valence-corrected chi connectivity index (χ1v) is 7.88. The van der Waals surface area contributed by atoms with E-state index in [0.29, 0.717) is 6.29 Å². The normalized spacial score (nSPS) is 10.8. The van der Waals surface area contributed by atoms with Gasteiger partial charge >= 0.3 is 0 Å². The molecule has 5 heteroatoms. The zero-order valence-electron chi connectivity index (χ0n) is 14.0. The number of benzene rings is 1. The molecule has 0 aliphatic carbocycles. The summed E-state index contributed by atoms with van der Waals surface area (Å²) in [6, 6.07) is 4.13. The van der Waals surface area contributed by atoms with Crippen LogP contribution in [0.25, 0.3) is 11.1 Å². The van der Waals surface area contributed by atoms with Crippen LogP contribution in [0.4, 0.5) is 0 Å². The Morgan fingerprint density at radius 1 is 1.09 bits per heavy atom. The van der Waals surface area contributed by atoms with E-state index in [1.165, 1.54) is 12.6 Å². The van der Waals surface area contributed by atoms with Crippen LogP contribution in [0.5, 0.6) is 5.75 Å². The molecule has 0 bridgehead atoms. The molecule has 122 valence electrons. The zero-order chi connectivity index (χ0) is 17.1. The number of aldehydes is 1. The lowest BCUT2D eigenvalue weighted by atomic mass is 9.89. The highest BCUT2D eigenvalue weighted by atomic mass is 16.3. The number of carbonyl (C=O) groups is 1. The molecular weight excluding hydrogens is 292 g/mol.